The maximum absolute atomic E-state index is 14.9. The fraction of sp³-hybridized carbons (Fsp3) is 0.250. The maximum Gasteiger partial charge on any atom is 0.248 e. The molecule has 0 aliphatic heterocycles. The number of nitrogens with zero attached hydrogens (tertiary/aromatic N) is 5. The molecule has 1 aliphatic carbocycles. The first-order chi connectivity index (χ1) is 16.8. The van der Waals surface area contributed by atoms with Gasteiger partial charge in [-0.25, -0.2) is 23.1 Å². The molecule has 35 heavy (non-hydrogen) atoms. The van der Waals surface area contributed by atoms with E-state index in [0.717, 1.165) is 0 Å². The molecule has 2 aromatic carbocycles. The van der Waals surface area contributed by atoms with Crippen molar-refractivity contribution in [1.29, 1.82) is 0 Å². The van der Waals surface area contributed by atoms with Gasteiger partial charge < -0.3 is 9.72 Å². The number of halogens is 4. The van der Waals surface area contributed by atoms with E-state index in [2.05, 4.69) is 25.0 Å². The molecule has 7 nitrogen and oxygen atoms in total. The van der Waals surface area contributed by atoms with E-state index in [1.807, 2.05) is 0 Å². The van der Waals surface area contributed by atoms with Crippen molar-refractivity contribution in [2.24, 2.45) is 5.92 Å². The van der Waals surface area contributed by atoms with E-state index in [1.165, 1.54) is 6.07 Å². The van der Waals surface area contributed by atoms with Crippen LogP contribution in [-0.2, 0) is 6.54 Å². The molecule has 178 valence electrons. The van der Waals surface area contributed by atoms with Crippen LogP contribution >= 0.6 is 11.6 Å². The first-order valence-electron chi connectivity index (χ1n) is 10.9. The van der Waals surface area contributed by atoms with E-state index in [-0.39, 0.29) is 40.8 Å². The normalized spacial score (nSPS) is 15.6. The van der Waals surface area contributed by atoms with Crippen LogP contribution in [0.5, 0.6) is 11.5 Å². The second-order valence-electron chi connectivity index (χ2n) is 8.78. The minimum Gasteiger partial charge on any atom is -0.453 e. The lowest BCUT2D eigenvalue weighted by Gasteiger charge is -2.34. The predicted molar refractivity (Wildman–Crippen MR) is 124 cm³/mol. The summed E-state index contributed by atoms with van der Waals surface area (Å²) < 4.78 is 48.6. The lowest BCUT2D eigenvalue weighted by atomic mass is 9.81. The molecule has 1 fully saturated rings. The topological polar surface area (TPSA) is 81.5 Å². The molecular formula is C24H18ClF3N6O. The van der Waals surface area contributed by atoms with Gasteiger partial charge in [0.2, 0.25) is 5.92 Å². The Morgan fingerprint density at radius 2 is 1.91 bits per heavy atom. The summed E-state index contributed by atoms with van der Waals surface area (Å²) in [6.07, 6.45) is 4.70. The van der Waals surface area contributed by atoms with Gasteiger partial charge in [0.25, 0.3) is 0 Å². The highest BCUT2D eigenvalue weighted by Crippen LogP contribution is 2.43. The van der Waals surface area contributed by atoms with Crippen LogP contribution < -0.4 is 4.74 Å². The van der Waals surface area contributed by atoms with E-state index < -0.39 is 11.7 Å². The van der Waals surface area contributed by atoms with Crippen LogP contribution in [0.1, 0.15) is 18.7 Å². The predicted octanol–water partition coefficient (Wildman–Crippen LogP) is 6.31. The number of benzene rings is 2. The summed E-state index contributed by atoms with van der Waals surface area (Å²) in [5.41, 5.74) is 2.86. The highest BCUT2D eigenvalue weighted by molar-refractivity contribution is 6.36. The Labute approximate surface area is 201 Å². The molecule has 1 aliphatic rings. The van der Waals surface area contributed by atoms with Gasteiger partial charge in [-0.3, -0.25) is 9.67 Å². The van der Waals surface area contributed by atoms with E-state index in [9.17, 15) is 13.2 Å². The fourth-order valence-electron chi connectivity index (χ4n) is 4.36. The Morgan fingerprint density at radius 1 is 1.11 bits per heavy atom. The van der Waals surface area contributed by atoms with Crippen molar-refractivity contribution in [3.8, 4) is 22.8 Å². The standard InChI is InChI=1S/C24H18ClF3N6O/c1-12-31-16-3-5-19(21(26)23(16)32-12)35-18-4-2-15-22(20(18)25)33-17(9-29-15)14-8-30-34(11-14)10-13-6-24(27,28)7-13/h2-5,8-9,11,13H,6-7,10H2,1H3,(H,31,32). The molecular weight excluding hydrogens is 481 g/mol. The summed E-state index contributed by atoms with van der Waals surface area (Å²) in [5, 5.41) is 4.45. The monoisotopic (exact) mass is 498 g/mol. The molecule has 3 aromatic heterocycles. The van der Waals surface area contributed by atoms with Crippen LogP contribution in [0, 0.1) is 18.7 Å². The number of hydrogen-bond acceptors (Lipinski definition) is 5. The van der Waals surface area contributed by atoms with Crippen LogP contribution in [0.15, 0.2) is 42.9 Å². The van der Waals surface area contributed by atoms with Crippen molar-refractivity contribution in [1.82, 2.24) is 29.7 Å². The molecule has 3 heterocycles. The number of imidazole rings is 1. The third-order valence-corrected chi connectivity index (χ3v) is 6.43. The molecule has 0 atom stereocenters. The zero-order valence-electron chi connectivity index (χ0n) is 18.4. The molecule has 6 rings (SSSR count). The number of H-pyrrole nitrogens is 1. The Hall–Kier alpha value is -3.66. The van der Waals surface area contributed by atoms with E-state index in [4.69, 9.17) is 16.3 Å². The molecule has 11 heteroatoms. The van der Waals surface area contributed by atoms with Gasteiger partial charge in [-0.1, -0.05) is 11.6 Å². The lowest BCUT2D eigenvalue weighted by Crippen LogP contribution is -2.37. The van der Waals surface area contributed by atoms with Gasteiger partial charge in [-0.05, 0) is 37.1 Å². The van der Waals surface area contributed by atoms with Gasteiger partial charge in [0.05, 0.1) is 29.1 Å². The SMILES string of the molecule is Cc1nc2c(F)c(Oc3ccc4ncc(-c5cnn(CC6CC(F)(F)C6)c5)nc4c3Cl)ccc2[nH]1. The summed E-state index contributed by atoms with van der Waals surface area (Å²) in [5.74, 6) is -2.46. The summed E-state index contributed by atoms with van der Waals surface area (Å²) >= 11 is 6.59. The highest BCUT2D eigenvalue weighted by Gasteiger charge is 2.45. The Bertz CT molecular complexity index is 1590. The van der Waals surface area contributed by atoms with Crippen molar-refractivity contribution >= 4 is 33.7 Å². The van der Waals surface area contributed by atoms with E-state index >= 15 is 0 Å². The van der Waals surface area contributed by atoms with Crippen molar-refractivity contribution in [3.63, 3.8) is 0 Å². The number of ether oxygens (including phenoxy) is 1. The zero-order valence-corrected chi connectivity index (χ0v) is 19.2. The largest absolute Gasteiger partial charge is 0.453 e. The van der Waals surface area contributed by atoms with Gasteiger partial charge in [0.15, 0.2) is 11.6 Å². The first kappa shape index (κ1) is 21.8. The van der Waals surface area contributed by atoms with Crippen LogP contribution in [0.2, 0.25) is 5.02 Å². The Balaban J connectivity index is 1.29. The number of hydrogen-bond donors (Lipinski definition) is 1. The minimum absolute atomic E-state index is 0.0165. The number of aryl methyl sites for hydroxylation is 1. The first-order valence-corrected chi connectivity index (χ1v) is 11.3. The molecule has 0 radical (unpaired) electrons. The van der Waals surface area contributed by atoms with Crippen molar-refractivity contribution < 1.29 is 17.9 Å². The molecule has 0 spiro atoms. The molecule has 0 amide bonds. The van der Waals surface area contributed by atoms with Gasteiger partial charge in [-0.2, -0.15) is 5.10 Å². The van der Waals surface area contributed by atoms with E-state index in [0.29, 0.717) is 40.2 Å². The Kier molecular flexibility index (Phi) is 4.96. The summed E-state index contributed by atoms with van der Waals surface area (Å²) in [6, 6.07) is 6.47. The van der Waals surface area contributed by atoms with Crippen LogP contribution in [0.25, 0.3) is 33.3 Å². The number of aromatic nitrogens is 6. The van der Waals surface area contributed by atoms with Crippen molar-refractivity contribution in [3.05, 3.63) is 59.5 Å². The lowest BCUT2D eigenvalue weighted by molar-refractivity contribution is -0.114. The molecule has 5 aromatic rings. The highest BCUT2D eigenvalue weighted by atomic mass is 35.5. The number of alkyl halides is 2. The molecule has 1 saturated carbocycles. The molecule has 0 bridgehead atoms. The molecule has 1 N–H and O–H groups in total. The Morgan fingerprint density at radius 3 is 2.71 bits per heavy atom. The second kappa shape index (κ2) is 7.94. The fourth-order valence-corrected chi connectivity index (χ4v) is 4.60. The van der Waals surface area contributed by atoms with E-state index in [1.54, 1.807) is 48.4 Å². The number of fused-ring (bicyclic) bond motifs is 2. The quantitative estimate of drug-likeness (QED) is 0.307. The van der Waals surface area contributed by atoms with Crippen LogP contribution in [0.4, 0.5) is 13.2 Å². The minimum atomic E-state index is -2.56. The van der Waals surface area contributed by atoms with Gasteiger partial charge in [0, 0.05) is 31.1 Å². The number of rotatable bonds is 5. The number of aromatic amines is 1. The third kappa shape index (κ3) is 3.97. The maximum atomic E-state index is 14.9. The number of nitrogens with one attached hydrogen (secondary N) is 1. The van der Waals surface area contributed by atoms with Gasteiger partial charge in [0.1, 0.15) is 27.6 Å². The molecule has 0 saturated heterocycles. The average Bonchev–Trinajstić information content (AvgIpc) is 3.42. The van der Waals surface area contributed by atoms with Crippen molar-refractivity contribution in [2.45, 2.75) is 32.2 Å². The third-order valence-electron chi connectivity index (χ3n) is 6.06. The smallest absolute Gasteiger partial charge is 0.248 e. The van der Waals surface area contributed by atoms with Crippen molar-refractivity contribution in [2.75, 3.05) is 0 Å². The van der Waals surface area contributed by atoms with Gasteiger partial charge in [-0.15, -0.1) is 0 Å². The summed E-state index contributed by atoms with van der Waals surface area (Å²) in [4.78, 5) is 16.2. The summed E-state index contributed by atoms with van der Waals surface area (Å²) in [7, 11) is 0. The van der Waals surface area contributed by atoms with Gasteiger partial charge >= 0.3 is 0 Å². The zero-order chi connectivity index (χ0) is 24.3. The molecule has 0 unspecified atom stereocenters. The van der Waals surface area contributed by atoms with Crippen LogP contribution in [0.3, 0.4) is 0 Å². The second-order valence-corrected chi connectivity index (χ2v) is 9.16. The summed E-state index contributed by atoms with van der Waals surface area (Å²) in [6.45, 7) is 2.16. The van der Waals surface area contributed by atoms with Crippen LogP contribution in [-0.4, -0.2) is 35.6 Å². The average molecular weight is 499 g/mol.